The van der Waals surface area contributed by atoms with Crippen molar-refractivity contribution in [2.75, 3.05) is 14.2 Å². The normalized spacial score (nSPS) is 14.1. The number of para-hydroxylation sites is 1. The molecule has 1 fully saturated rings. The zero-order valence-electron chi connectivity index (χ0n) is 19.0. The minimum absolute atomic E-state index is 0.0234. The molecular formula is C26H28N2O5. The van der Waals surface area contributed by atoms with E-state index in [0.29, 0.717) is 29.7 Å². The molecule has 0 unspecified atom stereocenters. The molecule has 33 heavy (non-hydrogen) atoms. The van der Waals surface area contributed by atoms with Gasteiger partial charge in [-0.3, -0.25) is 0 Å². The van der Waals surface area contributed by atoms with E-state index in [0.717, 1.165) is 18.4 Å². The highest BCUT2D eigenvalue weighted by Crippen LogP contribution is 2.30. The Morgan fingerprint density at radius 3 is 2.21 bits per heavy atom. The topological polar surface area (TPSA) is 79.7 Å². The van der Waals surface area contributed by atoms with E-state index in [1.165, 1.54) is 38.2 Å². The maximum Gasteiger partial charge on any atom is 0.357 e. The van der Waals surface area contributed by atoms with E-state index in [-0.39, 0.29) is 11.3 Å². The predicted molar refractivity (Wildman–Crippen MR) is 123 cm³/mol. The van der Waals surface area contributed by atoms with E-state index in [4.69, 9.17) is 14.2 Å². The Bertz CT molecular complexity index is 1100. The highest BCUT2D eigenvalue weighted by molar-refractivity contribution is 6.06. The fourth-order valence-electron chi connectivity index (χ4n) is 4.16. The molecule has 7 heteroatoms. The number of benzene rings is 2. The van der Waals surface area contributed by atoms with Gasteiger partial charge in [0.25, 0.3) is 0 Å². The van der Waals surface area contributed by atoms with Gasteiger partial charge in [-0.25, -0.2) is 14.3 Å². The molecule has 7 nitrogen and oxygen atoms in total. The van der Waals surface area contributed by atoms with Crippen molar-refractivity contribution < 1.29 is 23.8 Å². The molecule has 1 aliphatic rings. The Morgan fingerprint density at radius 1 is 0.909 bits per heavy atom. The summed E-state index contributed by atoms with van der Waals surface area (Å²) in [6.45, 7) is 0.542. The lowest BCUT2D eigenvalue weighted by atomic mass is 9.98. The molecule has 0 N–H and O–H groups in total. The lowest BCUT2D eigenvalue weighted by Crippen LogP contribution is -2.16. The number of hydrogen-bond acceptors (Lipinski definition) is 6. The number of carbonyl (C=O) groups excluding carboxylic acids is 2. The standard InChI is InChI=1S/C26H28N2O5/c1-31-25(29)22-23(27-28(24(22)26(30)32-2)20-9-5-3-6-10-20)19-15-13-18(14-16-19)17-33-21-11-7-4-8-12-21/h3,5-6,9-10,13-16,21H,4,7-8,11-12,17H2,1-2H3. The summed E-state index contributed by atoms with van der Waals surface area (Å²) in [4.78, 5) is 25.4. The Kier molecular flexibility index (Phi) is 7.19. The smallest absolute Gasteiger partial charge is 0.357 e. The summed E-state index contributed by atoms with van der Waals surface area (Å²) in [5, 5.41) is 4.62. The third-order valence-electron chi connectivity index (χ3n) is 5.92. The number of aromatic nitrogens is 2. The van der Waals surface area contributed by atoms with Crippen LogP contribution in [0.2, 0.25) is 0 Å². The lowest BCUT2D eigenvalue weighted by molar-refractivity contribution is 0.0169. The monoisotopic (exact) mass is 448 g/mol. The third kappa shape index (κ3) is 4.98. The van der Waals surface area contributed by atoms with Gasteiger partial charge in [-0.2, -0.15) is 5.10 Å². The molecule has 0 radical (unpaired) electrons. The minimum Gasteiger partial charge on any atom is -0.465 e. The second kappa shape index (κ2) is 10.4. The second-order valence-electron chi connectivity index (χ2n) is 8.07. The molecule has 0 saturated heterocycles. The number of hydrogen-bond donors (Lipinski definition) is 0. The van der Waals surface area contributed by atoms with E-state index >= 15 is 0 Å². The van der Waals surface area contributed by atoms with Crippen LogP contribution in [0.3, 0.4) is 0 Å². The van der Waals surface area contributed by atoms with Crippen LogP contribution in [0.25, 0.3) is 16.9 Å². The number of nitrogens with zero attached hydrogens (tertiary/aromatic N) is 2. The van der Waals surface area contributed by atoms with Gasteiger partial charge in [0.15, 0.2) is 5.69 Å². The number of methoxy groups -OCH3 is 2. The summed E-state index contributed by atoms with van der Waals surface area (Å²) in [5.41, 5.74) is 2.81. The quantitative estimate of drug-likeness (QED) is 0.475. The van der Waals surface area contributed by atoms with Crippen molar-refractivity contribution in [2.24, 2.45) is 0 Å². The molecule has 1 aliphatic carbocycles. The Morgan fingerprint density at radius 2 is 1.58 bits per heavy atom. The first-order valence-electron chi connectivity index (χ1n) is 11.2. The van der Waals surface area contributed by atoms with Gasteiger partial charge in [0.1, 0.15) is 11.3 Å². The Hall–Kier alpha value is -3.45. The van der Waals surface area contributed by atoms with Crippen molar-refractivity contribution >= 4 is 11.9 Å². The number of carbonyl (C=O) groups is 2. The summed E-state index contributed by atoms with van der Waals surface area (Å²) in [6.07, 6.45) is 6.31. The molecule has 1 saturated carbocycles. The van der Waals surface area contributed by atoms with Gasteiger partial charge in [-0.15, -0.1) is 0 Å². The average molecular weight is 449 g/mol. The van der Waals surface area contributed by atoms with Crippen molar-refractivity contribution in [2.45, 2.75) is 44.8 Å². The van der Waals surface area contributed by atoms with Crippen LogP contribution in [0.1, 0.15) is 58.5 Å². The van der Waals surface area contributed by atoms with Crippen molar-refractivity contribution in [1.29, 1.82) is 0 Å². The van der Waals surface area contributed by atoms with Crippen molar-refractivity contribution in [3.05, 3.63) is 71.4 Å². The van der Waals surface area contributed by atoms with E-state index in [9.17, 15) is 9.59 Å². The van der Waals surface area contributed by atoms with Gasteiger partial charge in [-0.1, -0.05) is 61.7 Å². The van der Waals surface area contributed by atoms with E-state index < -0.39 is 11.9 Å². The lowest BCUT2D eigenvalue weighted by Gasteiger charge is -2.22. The van der Waals surface area contributed by atoms with E-state index in [2.05, 4.69) is 5.10 Å². The van der Waals surface area contributed by atoms with E-state index in [1.54, 1.807) is 12.1 Å². The van der Waals surface area contributed by atoms with Crippen LogP contribution in [0.4, 0.5) is 0 Å². The number of rotatable bonds is 7. The molecule has 3 aromatic rings. The molecule has 1 aromatic heterocycles. The molecule has 0 aliphatic heterocycles. The van der Waals surface area contributed by atoms with Crippen LogP contribution in [0, 0.1) is 0 Å². The minimum atomic E-state index is -0.671. The van der Waals surface area contributed by atoms with Gasteiger partial charge in [0.05, 0.1) is 32.6 Å². The Balaban J connectivity index is 1.69. The first-order chi connectivity index (χ1) is 16.1. The molecule has 4 rings (SSSR count). The van der Waals surface area contributed by atoms with Crippen LogP contribution in [0.5, 0.6) is 0 Å². The van der Waals surface area contributed by atoms with Crippen molar-refractivity contribution in [3.63, 3.8) is 0 Å². The fourth-order valence-corrected chi connectivity index (χ4v) is 4.16. The first kappa shape index (κ1) is 22.7. The Labute approximate surface area is 193 Å². The highest BCUT2D eigenvalue weighted by Gasteiger charge is 2.31. The molecular weight excluding hydrogens is 420 g/mol. The maximum absolute atomic E-state index is 12.7. The zero-order valence-corrected chi connectivity index (χ0v) is 19.0. The highest BCUT2D eigenvalue weighted by atomic mass is 16.5. The largest absolute Gasteiger partial charge is 0.465 e. The number of esters is 2. The molecule has 2 aromatic carbocycles. The van der Waals surface area contributed by atoms with Crippen LogP contribution >= 0.6 is 0 Å². The zero-order chi connectivity index (χ0) is 23.2. The summed E-state index contributed by atoms with van der Waals surface area (Å²) in [6, 6.07) is 16.8. The van der Waals surface area contributed by atoms with Crippen LogP contribution in [-0.2, 0) is 20.8 Å². The summed E-state index contributed by atoms with van der Waals surface area (Å²) >= 11 is 0. The fraction of sp³-hybridized carbons (Fsp3) is 0.346. The van der Waals surface area contributed by atoms with Crippen LogP contribution in [-0.4, -0.2) is 42.0 Å². The molecule has 172 valence electrons. The van der Waals surface area contributed by atoms with Crippen LogP contribution in [0.15, 0.2) is 54.6 Å². The van der Waals surface area contributed by atoms with E-state index in [1.807, 2.05) is 42.5 Å². The van der Waals surface area contributed by atoms with Crippen molar-refractivity contribution in [1.82, 2.24) is 9.78 Å². The summed E-state index contributed by atoms with van der Waals surface area (Å²) < 4.78 is 17.4. The maximum atomic E-state index is 12.7. The van der Waals surface area contributed by atoms with Gasteiger partial charge in [0.2, 0.25) is 0 Å². The number of ether oxygens (including phenoxy) is 3. The van der Waals surface area contributed by atoms with Crippen LogP contribution < -0.4 is 0 Å². The van der Waals surface area contributed by atoms with Gasteiger partial charge >= 0.3 is 11.9 Å². The van der Waals surface area contributed by atoms with Gasteiger partial charge < -0.3 is 14.2 Å². The predicted octanol–water partition coefficient (Wildman–Crippen LogP) is 4.96. The average Bonchev–Trinajstić information content (AvgIpc) is 3.28. The third-order valence-corrected chi connectivity index (χ3v) is 5.92. The molecule has 0 spiro atoms. The van der Waals surface area contributed by atoms with Gasteiger partial charge in [0, 0.05) is 5.56 Å². The SMILES string of the molecule is COC(=O)c1c(-c2ccc(COC3CCCCC3)cc2)nn(-c2ccccc2)c1C(=O)OC. The molecule has 1 heterocycles. The molecule has 0 atom stereocenters. The summed E-state index contributed by atoms with van der Waals surface area (Å²) in [7, 11) is 2.55. The summed E-state index contributed by atoms with van der Waals surface area (Å²) in [5.74, 6) is -1.33. The molecule has 0 bridgehead atoms. The van der Waals surface area contributed by atoms with Crippen molar-refractivity contribution in [3.8, 4) is 16.9 Å². The molecule has 0 amide bonds. The second-order valence-corrected chi connectivity index (χ2v) is 8.07. The van der Waals surface area contributed by atoms with Gasteiger partial charge in [-0.05, 0) is 30.5 Å². The first-order valence-corrected chi connectivity index (χ1v) is 11.2.